The topological polar surface area (TPSA) is 35.5 Å². The van der Waals surface area contributed by atoms with Gasteiger partial charge >= 0.3 is 5.97 Å². The van der Waals surface area contributed by atoms with E-state index >= 15 is 0 Å². The first kappa shape index (κ1) is 8.84. The molecule has 66 valence electrons. The van der Waals surface area contributed by atoms with Gasteiger partial charge in [0.2, 0.25) is 0 Å². The number of allylic oxidation sites excluding steroid dienone is 2. The minimum Gasteiger partial charge on any atom is -0.469 e. The highest BCUT2D eigenvalue weighted by atomic mass is 16.5. The first-order valence-corrected chi connectivity index (χ1v) is 3.87. The molecule has 0 N–H and O–H groups in total. The molecule has 1 rings (SSSR count). The molecule has 0 saturated heterocycles. The zero-order chi connectivity index (χ0) is 8.97. The van der Waals surface area contributed by atoms with E-state index in [0.717, 1.165) is 18.4 Å². The Hall–Kier alpha value is -1.25. The number of carbonyl (C=O) groups is 1. The highest BCUT2D eigenvalue weighted by Crippen LogP contribution is 2.16. The molecule has 3 heteroatoms. The summed E-state index contributed by atoms with van der Waals surface area (Å²) in [6.07, 6.45) is 4.73. The van der Waals surface area contributed by atoms with E-state index in [4.69, 9.17) is 9.47 Å². The fraction of sp³-hybridized carbons (Fsp3) is 0.444. The van der Waals surface area contributed by atoms with Crippen LogP contribution in [0.5, 0.6) is 0 Å². The lowest BCUT2D eigenvalue weighted by atomic mass is 10.2. The third-order valence-electron chi connectivity index (χ3n) is 1.51. The molecule has 0 aromatic heterocycles. The molecule has 12 heavy (non-hydrogen) atoms. The lowest BCUT2D eigenvalue weighted by molar-refractivity contribution is -0.137. The summed E-state index contributed by atoms with van der Waals surface area (Å²) in [6, 6.07) is 0. The van der Waals surface area contributed by atoms with Gasteiger partial charge in [-0.25, -0.2) is 0 Å². The Morgan fingerprint density at radius 3 is 2.92 bits per heavy atom. The molecule has 0 fully saturated rings. The van der Waals surface area contributed by atoms with Gasteiger partial charge in [-0.2, -0.15) is 0 Å². The normalized spacial score (nSPS) is 16.8. The van der Waals surface area contributed by atoms with Gasteiger partial charge in [0.15, 0.2) is 0 Å². The number of ether oxygens (including phenoxy) is 2. The van der Waals surface area contributed by atoms with Gasteiger partial charge in [-0.1, -0.05) is 0 Å². The van der Waals surface area contributed by atoms with Gasteiger partial charge in [0.25, 0.3) is 0 Å². The predicted molar refractivity (Wildman–Crippen MR) is 43.9 cm³/mol. The maximum atomic E-state index is 10.6. The minimum atomic E-state index is -0.301. The summed E-state index contributed by atoms with van der Waals surface area (Å²) in [5.41, 5.74) is 1.15. The molecule has 0 aromatic rings. The molecular formula is C9H12O3. The summed E-state index contributed by atoms with van der Waals surface area (Å²) in [5.74, 6) is 0.292. The second kappa shape index (κ2) is 3.95. The van der Waals surface area contributed by atoms with Gasteiger partial charge in [0, 0.05) is 13.3 Å². The van der Waals surface area contributed by atoms with Gasteiger partial charge in [0.05, 0.1) is 6.26 Å². The molecule has 1 aliphatic heterocycles. The monoisotopic (exact) mass is 168 g/mol. The minimum absolute atomic E-state index is 0.301. The van der Waals surface area contributed by atoms with Crippen LogP contribution in [-0.4, -0.2) is 5.97 Å². The van der Waals surface area contributed by atoms with Crippen LogP contribution in [0.4, 0.5) is 0 Å². The molecule has 0 spiro atoms. The van der Waals surface area contributed by atoms with E-state index in [-0.39, 0.29) is 5.97 Å². The quantitative estimate of drug-likeness (QED) is 0.562. The van der Waals surface area contributed by atoms with Crippen molar-refractivity contribution >= 4 is 5.97 Å². The van der Waals surface area contributed by atoms with Crippen molar-refractivity contribution in [2.45, 2.75) is 26.7 Å². The summed E-state index contributed by atoms with van der Waals surface area (Å²) in [4.78, 5) is 10.6. The van der Waals surface area contributed by atoms with E-state index < -0.39 is 0 Å². The molecule has 0 unspecified atom stereocenters. The Balaban J connectivity index is 2.49. The van der Waals surface area contributed by atoms with Crippen molar-refractivity contribution in [3.63, 3.8) is 0 Å². The second-order valence-corrected chi connectivity index (χ2v) is 2.78. The number of carbonyl (C=O) groups excluding carboxylic acids is 1. The summed E-state index contributed by atoms with van der Waals surface area (Å²) < 4.78 is 9.90. The van der Waals surface area contributed by atoms with Crippen LogP contribution in [0, 0.1) is 0 Å². The van der Waals surface area contributed by atoms with Crippen LogP contribution in [0.1, 0.15) is 26.7 Å². The zero-order valence-corrected chi connectivity index (χ0v) is 7.29. The lowest BCUT2D eigenvalue weighted by Gasteiger charge is -2.02. The Morgan fingerprint density at radius 1 is 1.50 bits per heavy atom. The SMILES string of the molecule is CC(=O)OC1=COC=C(C)CC1. The smallest absolute Gasteiger partial charge is 0.307 e. The zero-order valence-electron chi connectivity index (χ0n) is 7.29. The number of esters is 1. The van der Waals surface area contributed by atoms with E-state index in [1.807, 2.05) is 6.92 Å². The standard InChI is InChI=1S/C9H12O3/c1-7-3-4-9(6-11-5-7)12-8(2)10/h5-6H,3-4H2,1-2H3. The van der Waals surface area contributed by atoms with Crippen LogP contribution in [0.3, 0.4) is 0 Å². The average Bonchev–Trinajstić information content (AvgIpc) is 2.15. The summed E-state index contributed by atoms with van der Waals surface area (Å²) in [5, 5.41) is 0. The number of rotatable bonds is 1. The molecule has 0 atom stereocenters. The first-order valence-electron chi connectivity index (χ1n) is 3.87. The second-order valence-electron chi connectivity index (χ2n) is 2.78. The van der Waals surface area contributed by atoms with Crippen molar-refractivity contribution in [1.82, 2.24) is 0 Å². The van der Waals surface area contributed by atoms with Crippen LogP contribution in [0.25, 0.3) is 0 Å². The van der Waals surface area contributed by atoms with Gasteiger partial charge in [-0.3, -0.25) is 4.79 Å². The van der Waals surface area contributed by atoms with Gasteiger partial charge in [-0.15, -0.1) is 0 Å². The number of hydrogen-bond acceptors (Lipinski definition) is 3. The van der Waals surface area contributed by atoms with Crippen molar-refractivity contribution in [2.24, 2.45) is 0 Å². The molecule has 0 radical (unpaired) electrons. The average molecular weight is 168 g/mol. The molecule has 1 heterocycles. The van der Waals surface area contributed by atoms with Gasteiger partial charge < -0.3 is 9.47 Å². The molecule has 0 amide bonds. The molecule has 3 nitrogen and oxygen atoms in total. The van der Waals surface area contributed by atoms with Crippen molar-refractivity contribution in [3.8, 4) is 0 Å². The van der Waals surface area contributed by atoms with Crippen LogP contribution in [0.15, 0.2) is 23.9 Å². The fourth-order valence-corrected chi connectivity index (χ4v) is 0.924. The summed E-state index contributed by atoms with van der Waals surface area (Å²) in [7, 11) is 0. The molecular weight excluding hydrogens is 156 g/mol. The highest BCUT2D eigenvalue weighted by molar-refractivity contribution is 5.67. The van der Waals surface area contributed by atoms with Crippen LogP contribution in [0.2, 0.25) is 0 Å². The van der Waals surface area contributed by atoms with E-state index in [9.17, 15) is 4.79 Å². The van der Waals surface area contributed by atoms with E-state index in [2.05, 4.69) is 0 Å². The van der Waals surface area contributed by atoms with Gasteiger partial charge in [-0.05, 0) is 18.9 Å². The van der Waals surface area contributed by atoms with Crippen LogP contribution >= 0.6 is 0 Å². The molecule has 1 aliphatic rings. The predicted octanol–water partition coefficient (Wildman–Crippen LogP) is 2.11. The summed E-state index contributed by atoms with van der Waals surface area (Å²) >= 11 is 0. The highest BCUT2D eigenvalue weighted by Gasteiger charge is 2.06. The van der Waals surface area contributed by atoms with E-state index in [1.165, 1.54) is 13.2 Å². The Bertz CT molecular complexity index is 238. The Kier molecular flexibility index (Phi) is 2.91. The maximum Gasteiger partial charge on any atom is 0.307 e. The van der Waals surface area contributed by atoms with Crippen molar-refractivity contribution in [1.29, 1.82) is 0 Å². The Labute approximate surface area is 71.7 Å². The summed E-state index contributed by atoms with van der Waals surface area (Å²) in [6.45, 7) is 3.36. The van der Waals surface area contributed by atoms with E-state index in [1.54, 1.807) is 6.26 Å². The maximum absolute atomic E-state index is 10.6. The largest absolute Gasteiger partial charge is 0.469 e. The van der Waals surface area contributed by atoms with Crippen molar-refractivity contribution in [2.75, 3.05) is 0 Å². The fourth-order valence-electron chi connectivity index (χ4n) is 0.924. The Morgan fingerprint density at radius 2 is 2.25 bits per heavy atom. The lowest BCUT2D eigenvalue weighted by Crippen LogP contribution is -1.98. The van der Waals surface area contributed by atoms with Crippen molar-refractivity contribution < 1.29 is 14.3 Å². The molecule has 0 saturated carbocycles. The first-order chi connectivity index (χ1) is 5.68. The third-order valence-corrected chi connectivity index (χ3v) is 1.51. The molecule has 0 bridgehead atoms. The third kappa shape index (κ3) is 2.78. The molecule has 0 aromatic carbocycles. The van der Waals surface area contributed by atoms with Crippen molar-refractivity contribution in [3.05, 3.63) is 23.9 Å². The number of hydrogen-bond donors (Lipinski definition) is 0. The van der Waals surface area contributed by atoms with Gasteiger partial charge in [0.1, 0.15) is 12.0 Å². The van der Waals surface area contributed by atoms with E-state index in [0.29, 0.717) is 5.76 Å². The van der Waals surface area contributed by atoms with Crippen LogP contribution < -0.4 is 0 Å². The van der Waals surface area contributed by atoms with Crippen LogP contribution in [-0.2, 0) is 14.3 Å². The molecule has 0 aliphatic carbocycles.